The van der Waals surface area contributed by atoms with E-state index in [2.05, 4.69) is 30.6 Å². The van der Waals surface area contributed by atoms with Crippen LogP contribution in [0.4, 0.5) is 0 Å². The Morgan fingerprint density at radius 1 is 1.00 bits per heavy atom. The van der Waals surface area contributed by atoms with Gasteiger partial charge in [-0.1, -0.05) is 31.8 Å². The molecule has 3 fully saturated rings. The lowest BCUT2D eigenvalue weighted by molar-refractivity contribution is -0.579. The highest BCUT2D eigenvalue weighted by atomic mass is 16.5. The van der Waals surface area contributed by atoms with E-state index in [0.29, 0.717) is 5.41 Å². The molecule has 0 amide bonds. The molecule has 0 saturated heterocycles. The van der Waals surface area contributed by atoms with Crippen LogP contribution in [0.15, 0.2) is 12.2 Å². The summed E-state index contributed by atoms with van der Waals surface area (Å²) in [4.78, 5) is 0. The van der Waals surface area contributed by atoms with Crippen molar-refractivity contribution in [3.63, 3.8) is 0 Å². The largest absolute Gasteiger partial charge is 0.378 e. The average molecular weight is 359 g/mol. The monoisotopic (exact) mass is 358 g/mol. The van der Waals surface area contributed by atoms with E-state index in [9.17, 15) is 0 Å². The summed E-state index contributed by atoms with van der Waals surface area (Å²) >= 11 is 0. The summed E-state index contributed by atoms with van der Waals surface area (Å²) in [5, 5.41) is 0. The van der Waals surface area contributed by atoms with Crippen LogP contribution in [0.1, 0.15) is 78.1 Å². The van der Waals surface area contributed by atoms with Crippen LogP contribution in [0.2, 0.25) is 0 Å². The molecule has 0 radical (unpaired) electrons. The molecular formula is C24H40NO+. The second-order valence-electron chi connectivity index (χ2n) is 10.1. The van der Waals surface area contributed by atoms with E-state index in [1.165, 1.54) is 64.2 Å². The van der Waals surface area contributed by atoms with Gasteiger partial charge in [0.25, 0.3) is 0 Å². The lowest BCUT2D eigenvalue weighted by Crippen LogP contribution is -2.46. The Kier molecular flexibility index (Phi) is 5.60. The second-order valence-corrected chi connectivity index (χ2v) is 10.1. The number of methoxy groups -OCH3 is 1. The van der Waals surface area contributed by atoms with Crippen LogP contribution in [-0.4, -0.2) is 36.6 Å². The zero-order valence-electron chi connectivity index (χ0n) is 17.4. The Labute approximate surface area is 161 Å². The molecule has 146 valence electrons. The van der Waals surface area contributed by atoms with Gasteiger partial charge in [-0.3, -0.25) is 0 Å². The van der Waals surface area contributed by atoms with Gasteiger partial charge in [-0.15, -0.1) is 0 Å². The van der Waals surface area contributed by atoms with Gasteiger partial charge in [0, 0.05) is 25.0 Å². The van der Waals surface area contributed by atoms with E-state index in [0.717, 1.165) is 42.9 Å². The summed E-state index contributed by atoms with van der Waals surface area (Å²) in [5.74, 6) is 3.58. The zero-order valence-corrected chi connectivity index (χ0v) is 17.4. The van der Waals surface area contributed by atoms with Gasteiger partial charge in [0.15, 0.2) is 18.3 Å². The number of rotatable bonds is 5. The first kappa shape index (κ1) is 18.7. The minimum Gasteiger partial charge on any atom is -0.378 e. The zero-order chi connectivity index (χ0) is 18.1. The predicted octanol–water partition coefficient (Wildman–Crippen LogP) is 5.46. The fraction of sp³-hybridized carbons (Fsp3) is 0.875. The van der Waals surface area contributed by atoms with E-state index in [1.807, 2.05) is 7.11 Å². The standard InChI is InChI=1S/C24H40NO/c1-24(2)21-14-13-19-10-6-7-11-20(19)23(21)25(16-17-26-3)22(24)15-12-18-8-4-5-9-18/h12,15,18-21,23H,4-11,13-14,16-17H2,1-3H3/q+1/b15-12+. The molecule has 3 saturated carbocycles. The average Bonchev–Trinajstić information content (AvgIpc) is 3.23. The van der Waals surface area contributed by atoms with Crippen LogP contribution < -0.4 is 0 Å². The molecule has 3 aliphatic carbocycles. The van der Waals surface area contributed by atoms with Crippen molar-refractivity contribution >= 4 is 5.71 Å². The maximum atomic E-state index is 5.53. The van der Waals surface area contributed by atoms with E-state index in [-0.39, 0.29) is 0 Å². The summed E-state index contributed by atoms with van der Waals surface area (Å²) in [6.45, 7) is 7.01. The lowest BCUT2D eigenvalue weighted by Gasteiger charge is -2.43. The van der Waals surface area contributed by atoms with Crippen molar-refractivity contribution in [3.8, 4) is 0 Å². The van der Waals surface area contributed by atoms with Crippen LogP contribution in [-0.2, 0) is 4.74 Å². The molecule has 4 unspecified atom stereocenters. The van der Waals surface area contributed by atoms with Crippen LogP contribution in [0.5, 0.6) is 0 Å². The van der Waals surface area contributed by atoms with Crippen molar-refractivity contribution < 1.29 is 9.31 Å². The van der Waals surface area contributed by atoms with Crippen LogP contribution >= 0.6 is 0 Å². The first-order valence-electron chi connectivity index (χ1n) is 11.4. The smallest absolute Gasteiger partial charge is 0.182 e. The van der Waals surface area contributed by atoms with Crippen LogP contribution in [0.3, 0.4) is 0 Å². The van der Waals surface area contributed by atoms with Crippen LogP contribution in [0.25, 0.3) is 0 Å². The fourth-order valence-corrected chi connectivity index (χ4v) is 7.01. The molecule has 2 heteroatoms. The molecule has 2 nitrogen and oxygen atoms in total. The Bertz CT molecular complexity index is 555. The van der Waals surface area contributed by atoms with Gasteiger partial charge >= 0.3 is 0 Å². The maximum absolute atomic E-state index is 5.53. The van der Waals surface area contributed by atoms with Crippen molar-refractivity contribution in [1.82, 2.24) is 0 Å². The Morgan fingerprint density at radius 2 is 1.73 bits per heavy atom. The highest BCUT2D eigenvalue weighted by Gasteiger charge is 2.59. The number of ether oxygens (including phenoxy) is 1. The highest BCUT2D eigenvalue weighted by molar-refractivity contribution is 5.96. The third kappa shape index (κ3) is 3.32. The quantitative estimate of drug-likeness (QED) is 0.595. The molecule has 0 aromatic rings. The first-order chi connectivity index (χ1) is 12.6. The Hall–Kier alpha value is -0.630. The maximum Gasteiger partial charge on any atom is 0.182 e. The number of hydrogen-bond donors (Lipinski definition) is 0. The van der Waals surface area contributed by atoms with Crippen molar-refractivity contribution in [2.45, 2.75) is 84.1 Å². The van der Waals surface area contributed by atoms with E-state index in [4.69, 9.17) is 4.74 Å². The topological polar surface area (TPSA) is 12.2 Å². The van der Waals surface area contributed by atoms with Gasteiger partial charge in [0.1, 0.15) is 6.61 Å². The number of allylic oxidation sites excluding steroid dienone is 2. The molecule has 26 heavy (non-hydrogen) atoms. The molecule has 0 spiro atoms. The van der Waals surface area contributed by atoms with Crippen molar-refractivity contribution in [2.24, 2.45) is 29.1 Å². The second kappa shape index (κ2) is 7.78. The lowest BCUT2D eigenvalue weighted by atomic mass is 9.59. The SMILES string of the molecule is COCC[N+]1=C(/C=C/C2CCCC2)C(C)(C)C2CCC3CCCCC3C21. The summed E-state index contributed by atoms with van der Waals surface area (Å²) in [6.07, 6.45) is 19.6. The normalized spacial score (nSPS) is 37.3. The van der Waals surface area contributed by atoms with E-state index < -0.39 is 0 Å². The molecule has 0 N–H and O–H groups in total. The molecule has 4 rings (SSSR count). The van der Waals surface area contributed by atoms with Gasteiger partial charge in [-0.25, -0.2) is 4.58 Å². The minimum absolute atomic E-state index is 0.315. The molecule has 4 aliphatic rings. The molecule has 0 bridgehead atoms. The summed E-state index contributed by atoms with van der Waals surface area (Å²) in [5.41, 5.74) is 1.94. The molecular weight excluding hydrogens is 318 g/mol. The number of fused-ring (bicyclic) bond motifs is 3. The van der Waals surface area contributed by atoms with Gasteiger partial charge in [0.2, 0.25) is 0 Å². The van der Waals surface area contributed by atoms with Gasteiger partial charge in [0.05, 0.1) is 5.41 Å². The van der Waals surface area contributed by atoms with Crippen molar-refractivity contribution in [2.75, 3.05) is 20.3 Å². The van der Waals surface area contributed by atoms with Crippen molar-refractivity contribution in [3.05, 3.63) is 12.2 Å². The minimum atomic E-state index is 0.315. The molecule has 1 heterocycles. The van der Waals surface area contributed by atoms with Crippen molar-refractivity contribution in [1.29, 1.82) is 0 Å². The summed E-state index contributed by atoms with van der Waals surface area (Å²) in [6, 6.07) is 0.766. The molecule has 4 atom stereocenters. The van der Waals surface area contributed by atoms with E-state index in [1.54, 1.807) is 5.71 Å². The highest BCUT2D eigenvalue weighted by Crippen LogP contribution is 2.53. The van der Waals surface area contributed by atoms with Crippen LogP contribution in [0, 0.1) is 29.1 Å². The predicted molar refractivity (Wildman–Crippen MR) is 109 cm³/mol. The Balaban J connectivity index is 1.67. The van der Waals surface area contributed by atoms with Gasteiger partial charge in [-0.2, -0.15) is 0 Å². The van der Waals surface area contributed by atoms with E-state index >= 15 is 0 Å². The molecule has 0 aromatic carbocycles. The van der Waals surface area contributed by atoms with Gasteiger partial charge in [-0.05, 0) is 64.2 Å². The number of hydrogen-bond acceptors (Lipinski definition) is 1. The fourth-order valence-electron chi connectivity index (χ4n) is 7.01. The number of nitrogens with zero attached hydrogens (tertiary/aromatic N) is 1. The third-order valence-electron chi connectivity index (χ3n) is 8.39. The molecule has 0 aromatic heterocycles. The molecule has 1 aliphatic heterocycles. The Morgan fingerprint density at radius 3 is 2.50 bits per heavy atom. The van der Waals surface area contributed by atoms with Gasteiger partial charge < -0.3 is 4.74 Å². The third-order valence-corrected chi connectivity index (χ3v) is 8.39. The summed E-state index contributed by atoms with van der Waals surface area (Å²) in [7, 11) is 1.86. The summed E-state index contributed by atoms with van der Waals surface area (Å²) < 4.78 is 8.36. The first-order valence-corrected chi connectivity index (χ1v) is 11.4.